The Balaban J connectivity index is 1.20. The molecule has 1 amide bonds. The third-order valence-electron chi connectivity index (χ3n) is 8.48. The van der Waals surface area contributed by atoms with Crippen LogP contribution >= 0.6 is 0 Å². The van der Waals surface area contributed by atoms with Gasteiger partial charge in [0, 0.05) is 41.7 Å². The molecule has 2 aliphatic carbocycles. The summed E-state index contributed by atoms with van der Waals surface area (Å²) in [6.45, 7) is 3.84. The lowest BCUT2D eigenvalue weighted by molar-refractivity contribution is -0.117. The van der Waals surface area contributed by atoms with E-state index in [1.807, 2.05) is 37.3 Å². The number of pyridine rings is 1. The van der Waals surface area contributed by atoms with Gasteiger partial charge < -0.3 is 20.7 Å². The molecule has 9 heteroatoms. The van der Waals surface area contributed by atoms with Gasteiger partial charge in [-0.2, -0.15) is 0 Å². The van der Waals surface area contributed by atoms with E-state index in [4.69, 9.17) is 9.72 Å². The van der Waals surface area contributed by atoms with Crippen LogP contribution in [0.3, 0.4) is 0 Å². The van der Waals surface area contributed by atoms with E-state index in [0.29, 0.717) is 39.6 Å². The summed E-state index contributed by atoms with van der Waals surface area (Å²) in [5.74, 6) is 0.914. The minimum absolute atomic E-state index is 0.0129. The molecule has 1 saturated heterocycles. The number of aromatic nitrogens is 3. The van der Waals surface area contributed by atoms with Crippen LogP contribution in [0.5, 0.6) is 11.6 Å². The minimum Gasteiger partial charge on any atom is -0.437 e. The molecule has 0 bridgehead atoms. The largest absolute Gasteiger partial charge is 0.437 e. The Morgan fingerprint density at radius 3 is 2.77 bits per heavy atom. The number of anilines is 2. The third kappa shape index (κ3) is 4.64. The second-order valence-corrected chi connectivity index (χ2v) is 11.2. The van der Waals surface area contributed by atoms with E-state index in [2.05, 4.69) is 25.9 Å². The molecule has 8 nitrogen and oxygen atoms in total. The van der Waals surface area contributed by atoms with Gasteiger partial charge in [-0.15, -0.1) is 0 Å². The maximum absolute atomic E-state index is 15.0. The van der Waals surface area contributed by atoms with Crippen molar-refractivity contribution in [3.63, 3.8) is 0 Å². The average molecular weight is 539 g/mol. The number of aryl methyl sites for hydroxylation is 1. The van der Waals surface area contributed by atoms with E-state index >= 15 is 4.39 Å². The molecular weight excluding hydrogens is 507 g/mol. The molecule has 4 aromatic rings. The molecule has 0 radical (unpaired) electrons. The summed E-state index contributed by atoms with van der Waals surface area (Å²) < 4.78 is 21.5. The first kappa shape index (κ1) is 24.9. The predicted molar refractivity (Wildman–Crippen MR) is 152 cm³/mol. The van der Waals surface area contributed by atoms with E-state index in [0.717, 1.165) is 50.8 Å². The summed E-state index contributed by atoms with van der Waals surface area (Å²) in [5.41, 5.74) is 2.64. The van der Waals surface area contributed by atoms with Crippen LogP contribution in [0.4, 0.5) is 16.0 Å². The molecule has 2 saturated carbocycles. The first-order chi connectivity index (χ1) is 19.5. The third-order valence-corrected chi connectivity index (χ3v) is 8.48. The van der Waals surface area contributed by atoms with Crippen molar-refractivity contribution >= 4 is 28.3 Å². The SMILES string of the molecule is Cc1ccc2c(NC(=O)[C@@H]3CC34CC4)c(F)ccc2c1Oc1ncccc1-c1ccnc(NC2CCCNC2)n1. The molecule has 40 heavy (non-hydrogen) atoms. The van der Waals surface area contributed by atoms with Gasteiger partial charge in [-0.3, -0.25) is 4.79 Å². The average Bonchev–Trinajstić information content (AvgIpc) is 3.91. The van der Waals surface area contributed by atoms with Crippen molar-refractivity contribution in [3.8, 4) is 22.9 Å². The molecule has 1 spiro atoms. The van der Waals surface area contributed by atoms with E-state index in [1.54, 1.807) is 18.5 Å². The molecule has 1 unspecified atom stereocenters. The highest BCUT2D eigenvalue weighted by molar-refractivity contribution is 6.06. The lowest BCUT2D eigenvalue weighted by Crippen LogP contribution is -2.38. The van der Waals surface area contributed by atoms with Gasteiger partial charge in [0.25, 0.3) is 0 Å². The summed E-state index contributed by atoms with van der Waals surface area (Å²) in [5, 5.41) is 11.0. The fraction of sp³-hybridized carbons (Fsp3) is 0.355. The zero-order valence-electron chi connectivity index (χ0n) is 22.3. The maximum Gasteiger partial charge on any atom is 0.228 e. The molecule has 3 heterocycles. The number of nitrogens with zero attached hydrogens (tertiary/aromatic N) is 3. The number of hydrogen-bond acceptors (Lipinski definition) is 7. The lowest BCUT2D eigenvalue weighted by atomic mass is 10.0. The number of ether oxygens (including phenoxy) is 1. The molecule has 204 valence electrons. The lowest BCUT2D eigenvalue weighted by Gasteiger charge is -2.23. The molecule has 7 rings (SSSR count). The first-order valence-electron chi connectivity index (χ1n) is 14.0. The summed E-state index contributed by atoms with van der Waals surface area (Å²) >= 11 is 0. The number of rotatable bonds is 7. The highest BCUT2D eigenvalue weighted by atomic mass is 19.1. The van der Waals surface area contributed by atoms with Crippen molar-refractivity contribution < 1.29 is 13.9 Å². The Morgan fingerprint density at radius 1 is 1.10 bits per heavy atom. The van der Waals surface area contributed by atoms with Crippen molar-refractivity contribution in [2.75, 3.05) is 23.7 Å². The fourth-order valence-electron chi connectivity index (χ4n) is 5.86. The van der Waals surface area contributed by atoms with Gasteiger partial charge in [-0.25, -0.2) is 19.3 Å². The molecule has 2 aromatic heterocycles. The molecular formula is C31H31FN6O2. The van der Waals surface area contributed by atoms with Gasteiger partial charge in [-0.1, -0.05) is 12.1 Å². The zero-order chi connectivity index (χ0) is 27.3. The fourth-order valence-corrected chi connectivity index (χ4v) is 5.86. The van der Waals surface area contributed by atoms with Gasteiger partial charge in [0.05, 0.1) is 16.9 Å². The van der Waals surface area contributed by atoms with E-state index in [9.17, 15) is 4.79 Å². The normalized spacial score (nSPS) is 20.8. The Bertz CT molecular complexity index is 1620. The highest BCUT2D eigenvalue weighted by Crippen LogP contribution is 2.70. The van der Waals surface area contributed by atoms with Gasteiger partial charge in [0.15, 0.2) is 0 Å². The predicted octanol–water partition coefficient (Wildman–Crippen LogP) is 5.83. The molecule has 2 aromatic carbocycles. The number of carbonyl (C=O) groups excluding carboxylic acids is 1. The maximum atomic E-state index is 15.0. The molecule has 1 aliphatic heterocycles. The topological polar surface area (TPSA) is 101 Å². The molecule has 2 atom stereocenters. The van der Waals surface area contributed by atoms with Crippen LogP contribution < -0.4 is 20.7 Å². The van der Waals surface area contributed by atoms with Crippen LogP contribution in [0, 0.1) is 24.1 Å². The number of amides is 1. The first-order valence-corrected chi connectivity index (χ1v) is 14.0. The van der Waals surface area contributed by atoms with E-state index in [1.165, 1.54) is 6.07 Å². The summed E-state index contributed by atoms with van der Waals surface area (Å²) in [4.78, 5) is 26.6. The number of halogens is 1. The summed E-state index contributed by atoms with van der Waals surface area (Å²) in [6, 6.07) is 12.6. The number of piperidine rings is 1. The molecule has 3 N–H and O–H groups in total. The van der Waals surface area contributed by atoms with Crippen molar-refractivity contribution in [1.29, 1.82) is 0 Å². The Morgan fingerprint density at radius 2 is 1.98 bits per heavy atom. The van der Waals surface area contributed by atoms with E-state index < -0.39 is 5.82 Å². The Labute approximate surface area is 231 Å². The number of benzene rings is 2. The summed E-state index contributed by atoms with van der Waals surface area (Å²) in [6.07, 6.45) is 8.65. The van der Waals surface area contributed by atoms with Crippen molar-refractivity contribution in [2.45, 2.75) is 45.1 Å². The Kier molecular flexibility index (Phi) is 6.11. The van der Waals surface area contributed by atoms with Crippen LogP contribution in [0.15, 0.2) is 54.9 Å². The minimum atomic E-state index is -0.464. The molecule has 3 aliphatic rings. The molecule has 3 fully saturated rings. The van der Waals surface area contributed by atoms with Crippen LogP contribution in [0.1, 0.15) is 37.7 Å². The van der Waals surface area contributed by atoms with Crippen LogP contribution in [0.2, 0.25) is 0 Å². The van der Waals surface area contributed by atoms with Crippen molar-refractivity contribution in [3.05, 3.63) is 66.2 Å². The van der Waals surface area contributed by atoms with Gasteiger partial charge >= 0.3 is 0 Å². The zero-order valence-corrected chi connectivity index (χ0v) is 22.3. The van der Waals surface area contributed by atoms with Gasteiger partial charge in [0.2, 0.25) is 17.7 Å². The van der Waals surface area contributed by atoms with Crippen molar-refractivity contribution in [2.24, 2.45) is 11.3 Å². The van der Waals surface area contributed by atoms with E-state index in [-0.39, 0.29) is 29.0 Å². The quantitative estimate of drug-likeness (QED) is 0.272. The number of carbonyl (C=O) groups is 1. The van der Waals surface area contributed by atoms with Gasteiger partial charge in [0.1, 0.15) is 11.6 Å². The van der Waals surface area contributed by atoms with Crippen LogP contribution in [-0.2, 0) is 4.79 Å². The van der Waals surface area contributed by atoms with Crippen molar-refractivity contribution in [1.82, 2.24) is 20.3 Å². The number of nitrogens with one attached hydrogen (secondary N) is 3. The van der Waals surface area contributed by atoms with Crippen LogP contribution in [-0.4, -0.2) is 40.0 Å². The standard InChI is InChI=1S/C31H31FN6O2/c1-18-6-7-20-21(8-9-24(32)26(20)38-28(39)23-16-31(23)11-12-31)27(18)40-29-22(5-3-14-34-29)25-10-15-35-30(37-25)36-19-4-2-13-33-17-19/h3,5-10,14-15,19,23,33H,2,4,11-13,16-17H2,1H3,(H,38,39)(H,35,36,37)/t19?,23-/m0/s1. The van der Waals surface area contributed by atoms with Gasteiger partial charge in [-0.05, 0) is 86.9 Å². The monoisotopic (exact) mass is 538 g/mol. The smallest absolute Gasteiger partial charge is 0.228 e. The number of fused-ring (bicyclic) bond motifs is 1. The Hall–Kier alpha value is -4.11. The summed E-state index contributed by atoms with van der Waals surface area (Å²) in [7, 11) is 0. The second kappa shape index (κ2) is 9.82. The van der Waals surface area contributed by atoms with Crippen LogP contribution in [0.25, 0.3) is 22.0 Å². The second-order valence-electron chi connectivity index (χ2n) is 11.2. The highest BCUT2D eigenvalue weighted by Gasteiger charge is 2.65. The number of hydrogen-bond donors (Lipinski definition) is 3.